The van der Waals surface area contributed by atoms with E-state index < -0.39 is 0 Å². The number of hydrogen-bond acceptors (Lipinski definition) is 3. The summed E-state index contributed by atoms with van der Waals surface area (Å²) in [7, 11) is 0. The van der Waals surface area contributed by atoms with Gasteiger partial charge in [-0.05, 0) is 60.7 Å². The van der Waals surface area contributed by atoms with Crippen molar-refractivity contribution in [3.8, 4) is 0 Å². The molecule has 0 aliphatic carbocycles. The molecule has 0 unspecified atom stereocenters. The number of anilines is 2. The first-order chi connectivity index (χ1) is 15.0. The molecule has 0 spiro atoms. The third-order valence-corrected chi connectivity index (χ3v) is 6.43. The largest absolute Gasteiger partial charge is 0.336 e. The number of amides is 2. The highest BCUT2D eigenvalue weighted by atomic mass is 35.5. The van der Waals surface area contributed by atoms with Crippen LogP contribution >= 0.6 is 11.6 Å². The number of benzene rings is 3. The lowest BCUT2D eigenvalue weighted by atomic mass is 9.99. The van der Waals surface area contributed by atoms with Crippen molar-refractivity contribution in [3.05, 3.63) is 99.7 Å². The second kappa shape index (κ2) is 7.40. The number of aryl methyl sites for hydroxylation is 2. The molecule has 154 valence electrons. The van der Waals surface area contributed by atoms with Gasteiger partial charge in [-0.25, -0.2) is 4.90 Å². The Morgan fingerprint density at radius 1 is 0.806 bits per heavy atom. The number of fused-ring (bicyclic) bond motifs is 1. The van der Waals surface area contributed by atoms with Crippen LogP contribution in [0.15, 0.2) is 72.4 Å². The van der Waals surface area contributed by atoms with Crippen LogP contribution in [0, 0.1) is 13.8 Å². The first kappa shape index (κ1) is 19.6. The molecular weight excluding hydrogens is 408 g/mol. The molecule has 0 saturated heterocycles. The molecular formula is C26H21ClN2O2. The van der Waals surface area contributed by atoms with Crippen LogP contribution < -0.4 is 9.80 Å². The summed E-state index contributed by atoms with van der Waals surface area (Å²) in [6.07, 6.45) is 0.827. The van der Waals surface area contributed by atoms with E-state index in [0.717, 1.165) is 28.8 Å². The summed E-state index contributed by atoms with van der Waals surface area (Å²) in [5.74, 6) is -0.691. The summed E-state index contributed by atoms with van der Waals surface area (Å²) in [4.78, 5) is 30.6. The number of carbonyl (C=O) groups is 2. The zero-order chi connectivity index (χ0) is 21.7. The van der Waals surface area contributed by atoms with Crippen LogP contribution in [0.4, 0.5) is 11.4 Å². The van der Waals surface area contributed by atoms with E-state index in [1.54, 1.807) is 24.3 Å². The number of para-hydroxylation sites is 2. The van der Waals surface area contributed by atoms with Gasteiger partial charge in [0.25, 0.3) is 11.8 Å². The van der Waals surface area contributed by atoms with Gasteiger partial charge >= 0.3 is 0 Å². The minimum Gasteiger partial charge on any atom is -0.336 e. The number of imide groups is 1. The van der Waals surface area contributed by atoms with Crippen molar-refractivity contribution in [2.24, 2.45) is 0 Å². The van der Waals surface area contributed by atoms with Crippen LogP contribution in [0.2, 0.25) is 5.02 Å². The molecule has 0 fully saturated rings. The molecule has 0 saturated carbocycles. The van der Waals surface area contributed by atoms with Gasteiger partial charge in [0.2, 0.25) is 0 Å². The Balaban J connectivity index is 1.72. The number of halogens is 1. The molecule has 5 heteroatoms. The van der Waals surface area contributed by atoms with Gasteiger partial charge in [-0.1, -0.05) is 60.1 Å². The summed E-state index contributed by atoms with van der Waals surface area (Å²) in [6.45, 7) is 4.69. The van der Waals surface area contributed by atoms with Crippen LogP contribution in [0.1, 0.15) is 22.3 Å². The maximum absolute atomic E-state index is 13.7. The first-order valence-electron chi connectivity index (χ1n) is 10.3. The maximum Gasteiger partial charge on any atom is 0.282 e. The minimum absolute atomic E-state index is 0.344. The Bertz CT molecular complexity index is 1280. The summed E-state index contributed by atoms with van der Waals surface area (Å²) >= 11 is 6.38. The molecule has 31 heavy (non-hydrogen) atoms. The van der Waals surface area contributed by atoms with E-state index in [-0.39, 0.29) is 11.8 Å². The quantitative estimate of drug-likeness (QED) is 0.531. The Kier molecular flexibility index (Phi) is 4.67. The molecule has 2 aliphatic rings. The van der Waals surface area contributed by atoms with Crippen molar-refractivity contribution in [3.63, 3.8) is 0 Å². The van der Waals surface area contributed by atoms with Crippen molar-refractivity contribution in [1.82, 2.24) is 0 Å². The van der Waals surface area contributed by atoms with E-state index in [4.69, 9.17) is 11.6 Å². The zero-order valence-electron chi connectivity index (χ0n) is 17.4. The number of carbonyl (C=O) groups excluding carboxylic acids is 2. The predicted molar refractivity (Wildman–Crippen MR) is 124 cm³/mol. The lowest BCUT2D eigenvalue weighted by Gasteiger charge is -2.22. The lowest BCUT2D eigenvalue weighted by molar-refractivity contribution is -0.120. The van der Waals surface area contributed by atoms with Gasteiger partial charge in [-0.2, -0.15) is 0 Å². The normalized spacial score (nSPS) is 15.8. The first-order valence-corrected chi connectivity index (χ1v) is 10.7. The zero-order valence-corrected chi connectivity index (χ0v) is 18.1. The third-order valence-electron chi connectivity index (χ3n) is 6.11. The van der Waals surface area contributed by atoms with Gasteiger partial charge in [-0.3, -0.25) is 9.59 Å². The van der Waals surface area contributed by atoms with Crippen LogP contribution in [-0.4, -0.2) is 18.4 Å². The van der Waals surface area contributed by atoms with Gasteiger partial charge in [0.15, 0.2) is 0 Å². The standard InChI is InChI=1S/C26H21ClN2O2/c1-16-11-12-19(15-17(16)2)23-24(28-14-13-18-7-3-5-9-21(18)28)26(31)29(25(23)30)22-10-6-4-8-20(22)27/h3-12,15H,13-14H2,1-2H3. The fourth-order valence-electron chi connectivity index (χ4n) is 4.35. The fraction of sp³-hybridized carbons (Fsp3) is 0.154. The third kappa shape index (κ3) is 3.06. The molecule has 0 aromatic heterocycles. The molecule has 2 amide bonds. The highest BCUT2D eigenvalue weighted by Crippen LogP contribution is 2.41. The Labute approximate surface area is 186 Å². The monoisotopic (exact) mass is 428 g/mol. The Hall–Kier alpha value is -3.37. The van der Waals surface area contributed by atoms with Crippen LogP contribution in [-0.2, 0) is 16.0 Å². The van der Waals surface area contributed by atoms with Crippen LogP contribution in [0.3, 0.4) is 0 Å². The van der Waals surface area contributed by atoms with Crippen LogP contribution in [0.25, 0.3) is 5.57 Å². The lowest BCUT2D eigenvalue weighted by Crippen LogP contribution is -2.35. The number of hydrogen-bond donors (Lipinski definition) is 0. The molecule has 4 nitrogen and oxygen atoms in total. The molecule has 0 bridgehead atoms. The topological polar surface area (TPSA) is 40.6 Å². The minimum atomic E-state index is -0.347. The average molecular weight is 429 g/mol. The van der Waals surface area contributed by atoms with Crippen molar-refractivity contribution in [2.75, 3.05) is 16.3 Å². The van der Waals surface area contributed by atoms with E-state index >= 15 is 0 Å². The molecule has 0 radical (unpaired) electrons. The van der Waals surface area contributed by atoms with Crippen molar-refractivity contribution in [2.45, 2.75) is 20.3 Å². The Morgan fingerprint density at radius 2 is 1.52 bits per heavy atom. The van der Waals surface area contributed by atoms with Crippen molar-refractivity contribution in [1.29, 1.82) is 0 Å². The molecule has 3 aromatic carbocycles. The predicted octanol–water partition coefficient (Wildman–Crippen LogP) is 5.30. The highest BCUT2D eigenvalue weighted by molar-refractivity contribution is 6.48. The molecule has 0 N–H and O–H groups in total. The number of rotatable bonds is 3. The summed E-state index contributed by atoms with van der Waals surface area (Å²) < 4.78 is 0. The molecule has 2 aliphatic heterocycles. The van der Waals surface area contributed by atoms with E-state index in [2.05, 4.69) is 6.07 Å². The smallest absolute Gasteiger partial charge is 0.282 e. The molecule has 5 rings (SSSR count). The van der Waals surface area contributed by atoms with Gasteiger partial charge < -0.3 is 4.90 Å². The molecule has 3 aromatic rings. The SMILES string of the molecule is Cc1ccc(C2=C(N3CCc4ccccc43)C(=O)N(c3ccccc3Cl)C2=O)cc1C. The second-order valence-corrected chi connectivity index (χ2v) is 8.36. The van der Waals surface area contributed by atoms with Crippen molar-refractivity contribution >= 4 is 40.4 Å². The average Bonchev–Trinajstić information content (AvgIpc) is 3.29. The van der Waals surface area contributed by atoms with Gasteiger partial charge in [0, 0.05) is 12.2 Å². The fourth-order valence-corrected chi connectivity index (χ4v) is 4.57. The van der Waals surface area contributed by atoms with Gasteiger partial charge in [0.05, 0.1) is 16.3 Å². The maximum atomic E-state index is 13.7. The van der Waals surface area contributed by atoms with E-state index in [9.17, 15) is 9.59 Å². The van der Waals surface area contributed by atoms with Gasteiger partial charge in [0.1, 0.15) is 5.70 Å². The Morgan fingerprint density at radius 3 is 2.26 bits per heavy atom. The van der Waals surface area contributed by atoms with E-state index in [0.29, 0.717) is 28.5 Å². The summed E-state index contributed by atoms with van der Waals surface area (Å²) in [5.41, 5.74) is 6.34. The van der Waals surface area contributed by atoms with Crippen LogP contribution in [0.5, 0.6) is 0 Å². The highest BCUT2D eigenvalue weighted by Gasteiger charge is 2.44. The van der Waals surface area contributed by atoms with Crippen molar-refractivity contribution < 1.29 is 9.59 Å². The second-order valence-electron chi connectivity index (χ2n) is 7.95. The summed E-state index contributed by atoms with van der Waals surface area (Å²) in [5, 5.41) is 0.367. The molecule has 2 heterocycles. The number of nitrogens with zero attached hydrogens (tertiary/aromatic N) is 2. The molecule has 0 atom stereocenters. The summed E-state index contributed by atoms with van der Waals surface area (Å²) in [6, 6.07) is 20.9. The van der Waals surface area contributed by atoms with E-state index in [1.165, 1.54) is 10.5 Å². The van der Waals surface area contributed by atoms with E-state index in [1.807, 2.05) is 55.1 Å². The van der Waals surface area contributed by atoms with Gasteiger partial charge in [-0.15, -0.1) is 0 Å².